The summed E-state index contributed by atoms with van der Waals surface area (Å²) in [6.45, 7) is 4.45. The van der Waals surface area contributed by atoms with Gasteiger partial charge in [-0.2, -0.15) is 0 Å². The molecule has 0 fully saturated rings. The van der Waals surface area contributed by atoms with E-state index in [0.717, 1.165) is 28.8 Å². The van der Waals surface area contributed by atoms with Crippen molar-refractivity contribution < 1.29 is 14.7 Å². The van der Waals surface area contributed by atoms with Crippen molar-refractivity contribution in [3.05, 3.63) is 113 Å². The molecule has 35 heavy (non-hydrogen) atoms. The summed E-state index contributed by atoms with van der Waals surface area (Å²) in [4.78, 5) is 24.2. The molecule has 0 atom stereocenters. The second-order valence-corrected chi connectivity index (χ2v) is 9.38. The van der Waals surface area contributed by atoms with E-state index >= 15 is 0 Å². The highest BCUT2D eigenvalue weighted by Gasteiger charge is 2.17. The van der Waals surface area contributed by atoms with Crippen LogP contribution in [0.3, 0.4) is 0 Å². The molecule has 178 valence electrons. The highest BCUT2D eigenvalue weighted by molar-refractivity contribution is 6.13. The van der Waals surface area contributed by atoms with Crippen LogP contribution in [0, 0.1) is 5.92 Å². The molecule has 0 saturated heterocycles. The van der Waals surface area contributed by atoms with E-state index < -0.39 is 5.97 Å². The average molecular weight is 466 g/mol. The summed E-state index contributed by atoms with van der Waals surface area (Å²) in [5.74, 6) is -0.194. The second kappa shape index (κ2) is 11.0. The van der Waals surface area contributed by atoms with Gasteiger partial charge in [0.05, 0.1) is 5.52 Å². The van der Waals surface area contributed by atoms with Crippen molar-refractivity contribution in [1.29, 1.82) is 0 Å². The van der Waals surface area contributed by atoms with E-state index in [1.807, 2.05) is 59.1 Å². The lowest BCUT2D eigenvalue weighted by atomic mass is 10.0. The molecule has 4 aromatic rings. The fourth-order valence-electron chi connectivity index (χ4n) is 4.35. The predicted molar refractivity (Wildman–Crippen MR) is 142 cm³/mol. The Bertz CT molecular complexity index is 1340. The lowest BCUT2D eigenvalue weighted by molar-refractivity contribution is -0.137. The third kappa shape index (κ3) is 6.15. The Morgan fingerprint density at radius 2 is 1.57 bits per heavy atom. The van der Waals surface area contributed by atoms with Crippen LogP contribution >= 0.6 is 0 Å². The van der Waals surface area contributed by atoms with Gasteiger partial charge in [0.1, 0.15) is 0 Å². The van der Waals surface area contributed by atoms with Gasteiger partial charge in [-0.1, -0.05) is 80.6 Å². The number of carboxylic acid groups (broad SMARTS) is 1. The first-order chi connectivity index (χ1) is 16.9. The molecule has 0 aliphatic heterocycles. The highest BCUT2D eigenvalue weighted by Crippen LogP contribution is 2.23. The fraction of sp³-hybridized carbons (Fsp3) is 0.226. The molecule has 0 aliphatic rings. The Labute approximate surface area is 206 Å². The number of aliphatic carboxylic acids is 1. The van der Waals surface area contributed by atoms with Crippen molar-refractivity contribution in [3.8, 4) is 0 Å². The summed E-state index contributed by atoms with van der Waals surface area (Å²) in [6.07, 6.45) is 8.39. The molecular weight excluding hydrogens is 434 g/mol. The number of aryl methyl sites for hydroxylation is 1. The number of hydrogen-bond acceptors (Lipinski definition) is 2. The first-order valence-corrected chi connectivity index (χ1v) is 12.1. The minimum absolute atomic E-state index is 0.0329. The van der Waals surface area contributed by atoms with Crippen LogP contribution in [0.1, 0.15) is 65.0 Å². The maximum absolute atomic E-state index is 13.3. The molecule has 0 amide bonds. The number of rotatable bonds is 10. The van der Waals surface area contributed by atoms with E-state index in [0.29, 0.717) is 29.9 Å². The van der Waals surface area contributed by atoms with E-state index in [9.17, 15) is 9.59 Å². The van der Waals surface area contributed by atoms with Crippen LogP contribution in [0.5, 0.6) is 0 Å². The van der Waals surface area contributed by atoms with E-state index in [1.54, 1.807) is 0 Å². The molecule has 2 heterocycles. The zero-order valence-corrected chi connectivity index (χ0v) is 20.3. The molecular formula is C31H31NO3. The third-order valence-electron chi connectivity index (χ3n) is 6.09. The van der Waals surface area contributed by atoms with Gasteiger partial charge in [0, 0.05) is 29.4 Å². The Morgan fingerprint density at radius 1 is 0.914 bits per heavy atom. The van der Waals surface area contributed by atoms with Crippen LogP contribution < -0.4 is 0 Å². The van der Waals surface area contributed by atoms with Crippen molar-refractivity contribution in [1.82, 2.24) is 4.40 Å². The van der Waals surface area contributed by atoms with Crippen LogP contribution in [0.15, 0.2) is 79.0 Å². The summed E-state index contributed by atoms with van der Waals surface area (Å²) < 4.78 is 1.98. The zero-order chi connectivity index (χ0) is 24.8. The second-order valence-electron chi connectivity index (χ2n) is 9.38. The number of carbonyl (C=O) groups is 2. The van der Waals surface area contributed by atoms with Crippen molar-refractivity contribution in [3.63, 3.8) is 0 Å². The number of carbonyl (C=O) groups excluding carboxylic acids is 1. The first kappa shape index (κ1) is 24.2. The molecule has 0 aliphatic carbocycles. The average Bonchev–Trinajstić information content (AvgIpc) is 3.22. The summed E-state index contributed by atoms with van der Waals surface area (Å²) in [5, 5.41) is 8.95. The van der Waals surface area contributed by atoms with E-state index in [4.69, 9.17) is 5.11 Å². The molecule has 4 heteroatoms. The molecule has 0 spiro atoms. The van der Waals surface area contributed by atoms with Crippen molar-refractivity contribution in [2.75, 3.05) is 0 Å². The Kier molecular flexibility index (Phi) is 7.61. The molecule has 4 nitrogen and oxygen atoms in total. The number of hydrogen-bond donors (Lipinski definition) is 1. The van der Waals surface area contributed by atoms with Gasteiger partial charge in [-0.25, -0.2) is 0 Å². The number of carboxylic acids is 1. The number of benzene rings is 2. The van der Waals surface area contributed by atoms with Gasteiger partial charge in [0.15, 0.2) is 5.78 Å². The minimum atomic E-state index is -0.806. The lowest BCUT2D eigenvalue weighted by Gasteiger charge is -2.05. The quantitative estimate of drug-likeness (QED) is 0.204. The molecule has 2 aromatic carbocycles. The summed E-state index contributed by atoms with van der Waals surface area (Å²) in [5.41, 5.74) is 6.59. The minimum Gasteiger partial charge on any atom is -0.481 e. The van der Waals surface area contributed by atoms with Crippen LogP contribution in [0.2, 0.25) is 0 Å². The smallest absolute Gasteiger partial charge is 0.303 e. The van der Waals surface area contributed by atoms with Gasteiger partial charge in [-0.15, -0.1) is 0 Å². The Balaban J connectivity index is 1.49. The largest absolute Gasteiger partial charge is 0.481 e. The van der Waals surface area contributed by atoms with Crippen LogP contribution in [0.25, 0.3) is 17.7 Å². The molecule has 4 rings (SSSR count). The van der Waals surface area contributed by atoms with Crippen molar-refractivity contribution in [2.24, 2.45) is 5.92 Å². The number of pyridine rings is 1. The van der Waals surface area contributed by atoms with E-state index in [1.165, 1.54) is 5.56 Å². The summed E-state index contributed by atoms with van der Waals surface area (Å²) in [7, 11) is 0. The Morgan fingerprint density at radius 3 is 2.20 bits per heavy atom. The van der Waals surface area contributed by atoms with Gasteiger partial charge in [-0.3, -0.25) is 9.59 Å². The van der Waals surface area contributed by atoms with Gasteiger partial charge in [0.2, 0.25) is 0 Å². The fourth-order valence-corrected chi connectivity index (χ4v) is 4.35. The monoisotopic (exact) mass is 465 g/mol. The van der Waals surface area contributed by atoms with Gasteiger partial charge in [0.25, 0.3) is 0 Å². The summed E-state index contributed by atoms with van der Waals surface area (Å²) >= 11 is 0. The molecule has 0 saturated carbocycles. The van der Waals surface area contributed by atoms with Crippen molar-refractivity contribution >= 4 is 29.4 Å². The Hall–Kier alpha value is -3.92. The van der Waals surface area contributed by atoms with Crippen LogP contribution in [-0.4, -0.2) is 21.3 Å². The highest BCUT2D eigenvalue weighted by atomic mass is 16.4. The molecule has 0 bridgehead atoms. The predicted octanol–water partition coefficient (Wildman–Crippen LogP) is 6.95. The van der Waals surface area contributed by atoms with Gasteiger partial charge < -0.3 is 9.51 Å². The molecule has 1 N–H and O–H groups in total. The van der Waals surface area contributed by atoms with Crippen LogP contribution in [-0.2, 0) is 17.6 Å². The number of fused-ring (bicyclic) bond motifs is 1. The maximum Gasteiger partial charge on any atom is 0.303 e. The first-order valence-electron chi connectivity index (χ1n) is 12.1. The molecule has 0 unspecified atom stereocenters. The number of aromatic nitrogens is 1. The topological polar surface area (TPSA) is 58.8 Å². The van der Waals surface area contributed by atoms with E-state index in [2.05, 4.69) is 50.3 Å². The van der Waals surface area contributed by atoms with Gasteiger partial charge in [-0.05, 0) is 60.1 Å². The van der Waals surface area contributed by atoms with Crippen LogP contribution in [0.4, 0.5) is 0 Å². The van der Waals surface area contributed by atoms with Crippen molar-refractivity contribution in [2.45, 2.75) is 39.5 Å². The molecule has 0 radical (unpaired) electrons. The zero-order valence-electron chi connectivity index (χ0n) is 20.3. The normalized spacial score (nSPS) is 11.5. The van der Waals surface area contributed by atoms with E-state index in [-0.39, 0.29) is 12.2 Å². The summed E-state index contributed by atoms with van der Waals surface area (Å²) in [6, 6.07) is 23.9. The SMILES string of the molecule is CC(C)Cc1ccc(C=Cc2ccc(C(=O)c3cc(CCCC(=O)O)n4ccccc34)cc2)cc1. The standard InChI is InChI=1S/C31H31NO3/c1-22(2)20-25-13-11-23(12-14-25)9-10-24-15-17-26(18-16-24)31(35)28-21-27(6-5-8-30(33)34)32-19-4-3-7-29(28)32/h3-4,7,9-19,21-22H,5-6,8,20H2,1-2H3,(H,33,34). The maximum atomic E-state index is 13.3. The number of ketones is 1. The lowest BCUT2D eigenvalue weighted by Crippen LogP contribution is -2.00. The van der Waals surface area contributed by atoms with Gasteiger partial charge >= 0.3 is 5.97 Å². The number of nitrogens with zero attached hydrogens (tertiary/aromatic N) is 1. The third-order valence-corrected chi connectivity index (χ3v) is 6.09. The molecule has 2 aromatic heterocycles.